The molecule has 1 spiro atoms. The fourth-order valence-corrected chi connectivity index (χ4v) is 3.67. The van der Waals surface area contributed by atoms with E-state index in [9.17, 15) is 0 Å². The highest BCUT2D eigenvalue weighted by Gasteiger charge is 2.39. The van der Waals surface area contributed by atoms with Gasteiger partial charge in [0.25, 0.3) is 0 Å². The molecule has 2 atom stereocenters. The quantitative estimate of drug-likeness (QED) is 0.915. The molecule has 3 rings (SSSR count). The Balaban J connectivity index is 1.61. The monoisotopic (exact) mass is 289 g/mol. The maximum absolute atomic E-state index is 6.20. The molecule has 0 aromatic heterocycles. The van der Waals surface area contributed by atoms with Crippen LogP contribution >= 0.6 is 0 Å². The van der Waals surface area contributed by atoms with E-state index in [4.69, 9.17) is 15.2 Å². The number of hydrogen-bond acceptors (Lipinski definition) is 3. The summed E-state index contributed by atoms with van der Waals surface area (Å²) in [6.07, 6.45) is 8.70. The van der Waals surface area contributed by atoms with Gasteiger partial charge in [-0.3, -0.25) is 0 Å². The van der Waals surface area contributed by atoms with Crippen LogP contribution in [0.5, 0.6) is 5.75 Å². The van der Waals surface area contributed by atoms with Gasteiger partial charge in [-0.15, -0.1) is 0 Å². The fourth-order valence-electron chi connectivity index (χ4n) is 3.67. The largest absolute Gasteiger partial charge is 0.490 e. The van der Waals surface area contributed by atoms with E-state index < -0.39 is 0 Å². The molecule has 2 N–H and O–H groups in total. The van der Waals surface area contributed by atoms with Crippen molar-refractivity contribution in [2.75, 3.05) is 6.61 Å². The summed E-state index contributed by atoms with van der Waals surface area (Å²) in [5, 5.41) is 0. The summed E-state index contributed by atoms with van der Waals surface area (Å²) in [6, 6.07) is 8.29. The third-order valence-electron chi connectivity index (χ3n) is 4.92. The smallest absolute Gasteiger partial charge is 0.119 e. The molecule has 1 aliphatic heterocycles. The van der Waals surface area contributed by atoms with Crippen LogP contribution < -0.4 is 10.5 Å². The number of benzene rings is 1. The first kappa shape index (κ1) is 14.9. The standard InChI is InChI=1S/C18H27NO2/c1-14(19)15-5-7-16(8-6-15)21-17-9-12-20-18(13-17)10-3-2-4-11-18/h5-8,14,17H,2-4,9-13,19H2,1H3. The maximum Gasteiger partial charge on any atom is 0.119 e. The van der Waals surface area contributed by atoms with Crippen LogP contribution in [0.15, 0.2) is 24.3 Å². The zero-order valence-corrected chi connectivity index (χ0v) is 13.0. The van der Waals surface area contributed by atoms with E-state index in [1.807, 2.05) is 19.1 Å². The summed E-state index contributed by atoms with van der Waals surface area (Å²) >= 11 is 0. The molecule has 1 aromatic rings. The van der Waals surface area contributed by atoms with Gasteiger partial charge in [0.05, 0.1) is 12.2 Å². The summed E-state index contributed by atoms with van der Waals surface area (Å²) in [5.74, 6) is 0.956. The molecule has 0 amide bonds. The Morgan fingerprint density at radius 3 is 2.57 bits per heavy atom. The molecule has 1 saturated heterocycles. The van der Waals surface area contributed by atoms with Crippen LogP contribution in [0.2, 0.25) is 0 Å². The Kier molecular flexibility index (Phi) is 4.51. The molecule has 1 aromatic carbocycles. The van der Waals surface area contributed by atoms with E-state index in [-0.39, 0.29) is 17.7 Å². The first-order valence-corrected chi connectivity index (χ1v) is 8.33. The molecular weight excluding hydrogens is 262 g/mol. The van der Waals surface area contributed by atoms with Gasteiger partial charge in [-0.1, -0.05) is 31.4 Å². The molecule has 21 heavy (non-hydrogen) atoms. The molecule has 1 aliphatic carbocycles. The lowest BCUT2D eigenvalue weighted by Crippen LogP contribution is -2.45. The predicted molar refractivity (Wildman–Crippen MR) is 84.5 cm³/mol. The zero-order valence-electron chi connectivity index (χ0n) is 13.0. The summed E-state index contributed by atoms with van der Waals surface area (Å²) in [5.41, 5.74) is 7.14. The minimum absolute atomic E-state index is 0.0765. The fraction of sp³-hybridized carbons (Fsp3) is 0.667. The van der Waals surface area contributed by atoms with Crippen LogP contribution in [0.3, 0.4) is 0 Å². The van der Waals surface area contributed by atoms with Gasteiger partial charge in [0.2, 0.25) is 0 Å². The van der Waals surface area contributed by atoms with E-state index in [0.717, 1.165) is 30.8 Å². The summed E-state index contributed by atoms with van der Waals surface area (Å²) in [7, 11) is 0. The van der Waals surface area contributed by atoms with Crippen molar-refractivity contribution >= 4 is 0 Å². The average molecular weight is 289 g/mol. The first-order valence-electron chi connectivity index (χ1n) is 8.33. The van der Waals surface area contributed by atoms with Crippen LogP contribution in [0.25, 0.3) is 0 Å². The molecule has 2 aliphatic rings. The minimum Gasteiger partial charge on any atom is -0.490 e. The van der Waals surface area contributed by atoms with E-state index in [1.54, 1.807) is 0 Å². The molecular formula is C18H27NO2. The number of hydrogen-bond donors (Lipinski definition) is 1. The van der Waals surface area contributed by atoms with Crippen molar-refractivity contribution in [2.24, 2.45) is 5.73 Å². The Morgan fingerprint density at radius 2 is 1.90 bits per heavy atom. The lowest BCUT2D eigenvalue weighted by atomic mass is 9.79. The normalized spacial score (nSPS) is 26.5. The van der Waals surface area contributed by atoms with Crippen LogP contribution in [0.4, 0.5) is 0 Å². The molecule has 116 valence electrons. The van der Waals surface area contributed by atoms with Gasteiger partial charge in [0.15, 0.2) is 0 Å². The maximum atomic E-state index is 6.20. The summed E-state index contributed by atoms with van der Waals surface area (Å²) in [4.78, 5) is 0. The second-order valence-electron chi connectivity index (χ2n) is 6.68. The van der Waals surface area contributed by atoms with Gasteiger partial charge in [-0.05, 0) is 37.5 Å². The molecule has 1 saturated carbocycles. The van der Waals surface area contributed by atoms with Gasteiger partial charge in [-0.25, -0.2) is 0 Å². The van der Waals surface area contributed by atoms with E-state index in [2.05, 4.69) is 12.1 Å². The van der Waals surface area contributed by atoms with Crippen LogP contribution in [0.1, 0.15) is 63.5 Å². The van der Waals surface area contributed by atoms with Gasteiger partial charge in [-0.2, -0.15) is 0 Å². The van der Waals surface area contributed by atoms with Crippen molar-refractivity contribution in [3.8, 4) is 5.75 Å². The van der Waals surface area contributed by atoms with Crippen LogP contribution in [-0.4, -0.2) is 18.3 Å². The van der Waals surface area contributed by atoms with Crippen molar-refractivity contribution in [1.82, 2.24) is 0 Å². The first-order chi connectivity index (χ1) is 10.2. The Hall–Kier alpha value is -1.06. The SMILES string of the molecule is CC(N)c1ccc(OC2CCOC3(CCCCC3)C2)cc1. The van der Waals surface area contributed by atoms with Crippen LogP contribution in [0, 0.1) is 0 Å². The van der Waals surface area contributed by atoms with Crippen molar-refractivity contribution in [3.63, 3.8) is 0 Å². The van der Waals surface area contributed by atoms with E-state index in [0.29, 0.717) is 0 Å². The highest BCUT2D eigenvalue weighted by Crippen LogP contribution is 2.39. The third-order valence-corrected chi connectivity index (χ3v) is 4.92. The minimum atomic E-state index is 0.0765. The number of rotatable bonds is 3. The average Bonchev–Trinajstić information content (AvgIpc) is 2.49. The Bertz CT molecular complexity index is 443. The number of ether oxygens (including phenoxy) is 2. The Labute approximate surface area is 127 Å². The second-order valence-corrected chi connectivity index (χ2v) is 6.68. The molecule has 0 radical (unpaired) electrons. The highest BCUT2D eigenvalue weighted by molar-refractivity contribution is 5.29. The van der Waals surface area contributed by atoms with Crippen LogP contribution in [-0.2, 0) is 4.74 Å². The van der Waals surface area contributed by atoms with Crippen molar-refractivity contribution in [2.45, 2.75) is 69.6 Å². The lowest BCUT2D eigenvalue weighted by Gasteiger charge is -2.43. The van der Waals surface area contributed by atoms with Gasteiger partial charge in [0.1, 0.15) is 11.9 Å². The second kappa shape index (κ2) is 6.37. The van der Waals surface area contributed by atoms with E-state index in [1.165, 1.54) is 32.1 Å². The molecule has 3 nitrogen and oxygen atoms in total. The summed E-state index contributed by atoms with van der Waals surface area (Å²) in [6.45, 7) is 2.84. The van der Waals surface area contributed by atoms with Crippen molar-refractivity contribution in [1.29, 1.82) is 0 Å². The molecule has 1 heterocycles. The lowest BCUT2D eigenvalue weighted by molar-refractivity contribution is -0.129. The van der Waals surface area contributed by atoms with Gasteiger partial charge in [0, 0.05) is 18.9 Å². The van der Waals surface area contributed by atoms with Crippen molar-refractivity contribution < 1.29 is 9.47 Å². The van der Waals surface area contributed by atoms with Crippen molar-refractivity contribution in [3.05, 3.63) is 29.8 Å². The topological polar surface area (TPSA) is 44.5 Å². The Morgan fingerprint density at radius 1 is 1.19 bits per heavy atom. The molecule has 2 fully saturated rings. The zero-order chi connectivity index (χ0) is 14.7. The number of nitrogens with two attached hydrogens (primary N) is 1. The third kappa shape index (κ3) is 3.58. The predicted octanol–water partition coefficient (Wildman–Crippen LogP) is 3.97. The van der Waals surface area contributed by atoms with E-state index >= 15 is 0 Å². The summed E-state index contributed by atoms with van der Waals surface area (Å²) < 4.78 is 12.3. The van der Waals surface area contributed by atoms with Gasteiger partial charge < -0.3 is 15.2 Å². The highest BCUT2D eigenvalue weighted by atomic mass is 16.5. The molecule has 3 heteroatoms. The molecule has 2 unspecified atom stereocenters. The molecule has 0 bridgehead atoms. The van der Waals surface area contributed by atoms with Gasteiger partial charge >= 0.3 is 0 Å².